The Morgan fingerprint density at radius 2 is 1.72 bits per heavy atom. The number of halogens is 2. The number of carbonyl (C=O) groups is 2. The molecule has 156 valence electrons. The van der Waals surface area contributed by atoms with Crippen molar-refractivity contribution in [2.45, 2.75) is 39.1 Å². The molecule has 1 atom stereocenters. The fourth-order valence-electron chi connectivity index (χ4n) is 2.78. The molecule has 0 aliphatic carbocycles. The Hall–Kier alpha value is -1.69. The molecule has 1 unspecified atom stereocenters. The van der Waals surface area contributed by atoms with Gasteiger partial charge in [0.2, 0.25) is 11.8 Å². The zero-order chi connectivity index (χ0) is 21.4. The van der Waals surface area contributed by atoms with Crippen LogP contribution in [0.2, 0.25) is 10.0 Å². The van der Waals surface area contributed by atoms with Crippen LogP contribution < -0.4 is 5.32 Å². The topological polar surface area (TPSA) is 49.4 Å². The monoisotopic (exact) mass is 452 g/mol. The van der Waals surface area contributed by atoms with Crippen LogP contribution in [0.5, 0.6) is 0 Å². The number of amides is 2. The average molecular weight is 453 g/mol. The average Bonchev–Trinajstić information content (AvgIpc) is 2.69. The standard InChI is InChI=1S/C22H26Cl2N2O2S/c1-4-25-22(28)16(3)26(12-18-19(23)6-5-7-20(18)24)21(27)14-29-13-17-10-8-15(2)9-11-17/h5-11,16H,4,12-14H2,1-3H3,(H,25,28). The molecule has 1 N–H and O–H groups in total. The van der Waals surface area contributed by atoms with E-state index in [1.165, 1.54) is 17.3 Å². The minimum absolute atomic E-state index is 0.128. The minimum Gasteiger partial charge on any atom is -0.355 e. The Balaban J connectivity index is 2.11. The van der Waals surface area contributed by atoms with Crippen molar-refractivity contribution in [1.29, 1.82) is 0 Å². The zero-order valence-corrected chi connectivity index (χ0v) is 19.2. The summed E-state index contributed by atoms with van der Waals surface area (Å²) in [4.78, 5) is 26.9. The first-order chi connectivity index (χ1) is 13.8. The van der Waals surface area contributed by atoms with Gasteiger partial charge in [-0.3, -0.25) is 9.59 Å². The number of likely N-dealkylation sites (N-methyl/N-ethyl adjacent to an activating group) is 1. The number of thioether (sulfide) groups is 1. The number of rotatable bonds is 9. The van der Waals surface area contributed by atoms with Gasteiger partial charge in [0.1, 0.15) is 6.04 Å². The maximum absolute atomic E-state index is 13.0. The summed E-state index contributed by atoms with van der Waals surface area (Å²) in [7, 11) is 0. The molecule has 0 saturated carbocycles. The molecule has 0 radical (unpaired) electrons. The molecule has 0 aromatic heterocycles. The fraction of sp³-hybridized carbons (Fsp3) is 0.364. The van der Waals surface area contributed by atoms with Crippen molar-refractivity contribution < 1.29 is 9.59 Å². The van der Waals surface area contributed by atoms with Crippen LogP contribution in [0.15, 0.2) is 42.5 Å². The van der Waals surface area contributed by atoms with Gasteiger partial charge in [0.15, 0.2) is 0 Å². The van der Waals surface area contributed by atoms with E-state index in [4.69, 9.17) is 23.2 Å². The van der Waals surface area contributed by atoms with Crippen LogP contribution in [0.1, 0.15) is 30.5 Å². The first kappa shape index (κ1) is 23.6. The van der Waals surface area contributed by atoms with Gasteiger partial charge in [-0.15, -0.1) is 11.8 Å². The van der Waals surface area contributed by atoms with Crippen LogP contribution in [0, 0.1) is 6.92 Å². The van der Waals surface area contributed by atoms with Crippen LogP contribution in [0.25, 0.3) is 0 Å². The van der Waals surface area contributed by atoms with E-state index in [-0.39, 0.29) is 24.1 Å². The normalized spacial score (nSPS) is 11.8. The van der Waals surface area contributed by atoms with Gasteiger partial charge in [0.05, 0.1) is 5.75 Å². The zero-order valence-electron chi connectivity index (χ0n) is 16.9. The summed E-state index contributed by atoms with van der Waals surface area (Å²) in [5, 5.41) is 3.73. The van der Waals surface area contributed by atoms with Crippen LogP contribution in [-0.4, -0.2) is 35.1 Å². The van der Waals surface area contributed by atoms with E-state index in [1.807, 2.05) is 13.8 Å². The Bertz CT molecular complexity index is 823. The molecule has 2 aromatic rings. The molecular weight excluding hydrogens is 427 g/mol. The molecule has 29 heavy (non-hydrogen) atoms. The van der Waals surface area contributed by atoms with E-state index in [0.29, 0.717) is 22.2 Å². The number of aryl methyl sites for hydroxylation is 1. The van der Waals surface area contributed by atoms with E-state index in [2.05, 4.69) is 29.6 Å². The molecule has 0 spiro atoms. The maximum Gasteiger partial charge on any atom is 0.242 e. The lowest BCUT2D eigenvalue weighted by Crippen LogP contribution is -2.48. The van der Waals surface area contributed by atoms with E-state index in [0.717, 1.165) is 11.3 Å². The molecule has 0 heterocycles. The Morgan fingerprint density at radius 1 is 1.10 bits per heavy atom. The molecule has 0 aliphatic heterocycles. The van der Waals surface area contributed by atoms with E-state index in [9.17, 15) is 9.59 Å². The summed E-state index contributed by atoms with van der Waals surface area (Å²) in [6.07, 6.45) is 0. The van der Waals surface area contributed by atoms with Gasteiger partial charge in [0, 0.05) is 34.5 Å². The third-order valence-electron chi connectivity index (χ3n) is 4.52. The van der Waals surface area contributed by atoms with Crippen LogP contribution >= 0.6 is 35.0 Å². The molecule has 0 saturated heterocycles. The molecule has 7 heteroatoms. The largest absolute Gasteiger partial charge is 0.355 e. The molecule has 0 bridgehead atoms. The SMILES string of the molecule is CCNC(=O)C(C)N(Cc1c(Cl)cccc1Cl)C(=O)CSCc1ccc(C)cc1. The molecule has 4 nitrogen and oxygen atoms in total. The van der Waals surface area contributed by atoms with Gasteiger partial charge in [-0.1, -0.05) is 59.1 Å². The lowest BCUT2D eigenvalue weighted by molar-refractivity contribution is -0.138. The molecular formula is C22H26Cl2N2O2S. The third kappa shape index (κ3) is 6.95. The van der Waals surface area contributed by atoms with Crippen LogP contribution in [-0.2, 0) is 21.9 Å². The lowest BCUT2D eigenvalue weighted by Gasteiger charge is -2.29. The lowest BCUT2D eigenvalue weighted by atomic mass is 10.1. The van der Waals surface area contributed by atoms with Gasteiger partial charge in [0.25, 0.3) is 0 Å². The van der Waals surface area contributed by atoms with Crippen molar-refractivity contribution in [3.63, 3.8) is 0 Å². The summed E-state index contributed by atoms with van der Waals surface area (Å²) < 4.78 is 0. The highest BCUT2D eigenvalue weighted by atomic mass is 35.5. The number of carbonyl (C=O) groups excluding carboxylic acids is 2. The molecule has 2 aromatic carbocycles. The quantitative estimate of drug-likeness (QED) is 0.576. The Morgan fingerprint density at radius 3 is 2.31 bits per heavy atom. The van der Waals surface area contributed by atoms with Gasteiger partial charge >= 0.3 is 0 Å². The highest BCUT2D eigenvalue weighted by Crippen LogP contribution is 2.27. The van der Waals surface area contributed by atoms with Crippen LogP contribution in [0.3, 0.4) is 0 Å². The van der Waals surface area contributed by atoms with Crippen molar-refractivity contribution in [1.82, 2.24) is 10.2 Å². The Labute approximate surface area is 187 Å². The molecule has 0 fully saturated rings. The highest BCUT2D eigenvalue weighted by Gasteiger charge is 2.27. The second-order valence-electron chi connectivity index (χ2n) is 6.77. The Kier molecular flexibility index (Phi) is 9.34. The van der Waals surface area contributed by atoms with Crippen molar-refractivity contribution in [2.75, 3.05) is 12.3 Å². The number of nitrogens with zero attached hydrogens (tertiary/aromatic N) is 1. The van der Waals surface area contributed by atoms with Gasteiger partial charge in [-0.2, -0.15) is 0 Å². The summed E-state index contributed by atoms with van der Waals surface area (Å²) in [5.41, 5.74) is 3.00. The number of benzene rings is 2. The summed E-state index contributed by atoms with van der Waals surface area (Å²) in [5.74, 6) is 0.659. The molecule has 2 rings (SSSR count). The first-order valence-corrected chi connectivity index (χ1v) is 11.4. The van der Waals surface area contributed by atoms with Crippen molar-refractivity contribution in [2.24, 2.45) is 0 Å². The summed E-state index contributed by atoms with van der Waals surface area (Å²) >= 11 is 14.1. The summed E-state index contributed by atoms with van der Waals surface area (Å²) in [6, 6.07) is 12.8. The molecule has 2 amide bonds. The van der Waals surface area contributed by atoms with E-state index in [1.54, 1.807) is 30.0 Å². The highest BCUT2D eigenvalue weighted by molar-refractivity contribution is 7.99. The number of hydrogen-bond donors (Lipinski definition) is 1. The predicted molar refractivity (Wildman–Crippen MR) is 122 cm³/mol. The van der Waals surface area contributed by atoms with Gasteiger partial charge in [-0.05, 0) is 38.5 Å². The third-order valence-corrected chi connectivity index (χ3v) is 6.22. The first-order valence-electron chi connectivity index (χ1n) is 9.46. The number of hydrogen-bond acceptors (Lipinski definition) is 3. The number of nitrogens with one attached hydrogen (secondary N) is 1. The minimum atomic E-state index is -0.630. The summed E-state index contributed by atoms with van der Waals surface area (Å²) in [6.45, 7) is 6.29. The van der Waals surface area contributed by atoms with Crippen LogP contribution in [0.4, 0.5) is 0 Å². The van der Waals surface area contributed by atoms with Crippen molar-refractivity contribution >= 4 is 46.8 Å². The second kappa shape index (κ2) is 11.5. The second-order valence-corrected chi connectivity index (χ2v) is 8.57. The maximum atomic E-state index is 13.0. The van der Waals surface area contributed by atoms with Gasteiger partial charge < -0.3 is 10.2 Å². The van der Waals surface area contributed by atoms with Gasteiger partial charge in [-0.25, -0.2) is 0 Å². The van der Waals surface area contributed by atoms with Crippen molar-refractivity contribution in [3.05, 3.63) is 69.2 Å². The van der Waals surface area contributed by atoms with E-state index < -0.39 is 6.04 Å². The predicted octanol–water partition coefficient (Wildman–Crippen LogP) is 5.09. The van der Waals surface area contributed by atoms with E-state index >= 15 is 0 Å². The fourth-order valence-corrected chi connectivity index (χ4v) is 4.17. The molecule has 0 aliphatic rings. The smallest absolute Gasteiger partial charge is 0.242 e. The van der Waals surface area contributed by atoms with Crippen molar-refractivity contribution in [3.8, 4) is 0 Å².